The SMILES string of the molecule is COc1ccccc1[C@@H]1[C@H](O)CCN1S(=O)(=O)CC1CCCC(C2CC2)O1. The molecule has 2 heterocycles. The predicted molar refractivity (Wildman–Crippen MR) is 102 cm³/mol. The number of ether oxygens (including phenoxy) is 2. The number of aliphatic hydroxyl groups excluding tert-OH is 1. The van der Waals surface area contributed by atoms with E-state index >= 15 is 0 Å². The van der Waals surface area contributed by atoms with Gasteiger partial charge in [-0.15, -0.1) is 0 Å². The summed E-state index contributed by atoms with van der Waals surface area (Å²) in [6.07, 6.45) is 4.96. The lowest BCUT2D eigenvalue weighted by molar-refractivity contribution is -0.0491. The number of hydrogen-bond donors (Lipinski definition) is 1. The van der Waals surface area contributed by atoms with Gasteiger partial charge in [-0.25, -0.2) is 8.42 Å². The summed E-state index contributed by atoms with van der Waals surface area (Å²) in [7, 11) is -1.99. The first kappa shape index (κ1) is 19.2. The maximum atomic E-state index is 13.2. The zero-order chi connectivity index (χ0) is 19.0. The minimum Gasteiger partial charge on any atom is -0.496 e. The molecule has 6 nitrogen and oxygen atoms in total. The van der Waals surface area contributed by atoms with Gasteiger partial charge < -0.3 is 14.6 Å². The first-order chi connectivity index (χ1) is 13.0. The molecule has 1 saturated carbocycles. The van der Waals surface area contributed by atoms with Gasteiger partial charge in [0.25, 0.3) is 0 Å². The van der Waals surface area contributed by atoms with Crippen LogP contribution in [-0.2, 0) is 14.8 Å². The van der Waals surface area contributed by atoms with E-state index in [9.17, 15) is 13.5 Å². The molecule has 1 aliphatic carbocycles. The van der Waals surface area contributed by atoms with Crippen molar-refractivity contribution in [2.45, 2.75) is 62.9 Å². The number of nitrogens with zero attached hydrogens (tertiary/aromatic N) is 1. The summed E-state index contributed by atoms with van der Waals surface area (Å²) in [5.41, 5.74) is 0.717. The number of hydrogen-bond acceptors (Lipinski definition) is 5. The van der Waals surface area contributed by atoms with Gasteiger partial charge >= 0.3 is 0 Å². The van der Waals surface area contributed by atoms with E-state index in [0.717, 1.165) is 19.3 Å². The van der Waals surface area contributed by atoms with Gasteiger partial charge in [-0.05, 0) is 50.5 Å². The lowest BCUT2D eigenvalue weighted by Crippen LogP contribution is -2.41. The van der Waals surface area contributed by atoms with Crippen molar-refractivity contribution in [2.24, 2.45) is 5.92 Å². The molecule has 2 aliphatic heterocycles. The molecule has 4 rings (SSSR count). The van der Waals surface area contributed by atoms with Crippen molar-refractivity contribution in [2.75, 3.05) is 19.4 Å². The summed E-state index contributed by atoms with van der Waals surface area (Å²) in [5, 5.41) is 10.5. The average molecular weight is 396 g/mol. The summed E-state index contributed by atoms with van der Waals surface area (Å²) in [4.78, 5) is 0. The molecule has 1 N–H and O–H groups in total. The molecule has 1 aromatic carbocycles. The zero-order valence-electron chi connectivity index (χ0n) is 15.8. The van der Waals surface area contributed by atoms with Crippen molar-refractivity contribution in [3.8, 4) is 5.75 Å². The monoisotopic (exact) mass is 395 g/mol. The van der Waals surface area contributed by atoms with Gasteiger partial charge in [-0.2, -0.15) is 4.31 Å². The summed E-state index contributed by atoms with van der Waals surface area (Å²) in [6.45, 7) is 0.324. The van der Waals surface area contributed by atoms with E-state index in [-0.39, 0.29) is 18.0 Å². The van der Waals surface area contributed by atoms with Crippen LogP contribution < -0.4 is 4.74 Å². The second-order valence-corrected chi connectivity index (χ2v) is 9.96. The van der Waals surface area contributed by atoms with Crippen molar-refractivity contribution in [1.82, 2.24) is 4.31 Å². The fourth-order valence-corrected chi connectivity index (χ4v) is 6.42. The highest BCUT2D eigenvalue weighted by atomic mass is 32.2. The van der Waals surface area contributed by atoms with Gasteiger partial charge in [0.15, 0.2) is 0 Å². The highest BCUT2D eigenvalue weighted by molar-refractivity contribution is 7.89. The number of methoxy groups -OCH3 is 1. The topological polar surface area (TPSA) is 76.1 Å². The predicted octanol–water partition coefficient (Wildman–Crippen LogP) is 2.48. The average Bonchev–Trinajstić information content (AvgIpc) is 3.43. The number of rotatable bonds is 6. The van der Waals surface area contributed by atoms with E-state index in [1.807, 2.05) is 18.2 Å². The molecule has 4 atom stereocenters. The second kappa shape index (κ2) is 7.70. The van der Waals surface area contributed by atoms with E-state index < -0.39 is 22.2 Å². The standard InChI is InChI=1S/C20H29NO5S/c1-25-19-7-3-2-6-16(19)20-17(22)11-12-21(20)27(23,24)13-15-5-4-8-18(26-15)14-9-10-14/h2-3,6-7,14-15,17-18,20,22H,4-5,8-13H2,1H3/t15?,17-,18?,20-/m1/s1. The van der Waals surface area contributed by atoms with Crippen LogP contribution in [0.1, 0.15) is 50.1 Å². The van der Waals surface area contributed by atoms with Crippen LogP contribution in [0.15, 0.2) is 24.3 Å². The Morgan fingerprint density at radius 3 is 2.70 bits per heavy atom. The maximum absolute atomic E-state index is 13.2. The number of benzene rings is 1. The van der Waals surface area contributed by atoms with E-state index in [4.69, 9.17) is 9.47 Å². The normalized spacial score (nSPS) is 32.5. The Morgan fingerprint density at radius 2 is 1.96 bits per heavy atom. The third kappa shape index (κ3) is 4.01. The van der Waals surface area contributed by atoms with E-state index in [2.05, 4.69) is 0 Å². The van der Waals surface area contributed by atoms with E-state index in [1.165, 1.54) is 17.1 Å². The molecule has 0 spiro atoms. The molecule has 0 amide bonds. The molecule has 7 heteroatoms. The largest absolute Gasteiger partial charge is 0.496 e. The lowest BCUT2D eigenvalue weighted by atomic mass is 10.0. The van der Waals surface area contributed by atoms with E-state index in [0.29, 0.717) is 30.2 Å². The molecule has 2 saturated heterocycles. The molecule has 0 radical (unpaired) electrons. The zero-order valence-corrected chi connectivity index (χ0v) is 16.6. The molecule has 0 aromatic heterocycles. The van der Waals surface area contributed by atoms with Crippen molar-refractivity contribution in [3.05, 3.63) is 29.8 Å². The molecule has 27 heavy (non-hydrogen) atoms. The Balaban J connectivity index is 1.53. The van der Waals surface area contributed by atoms with Crippen LogP contribution >= 0.6 is 0 Å². The van der Waals surface area contributed by atoms with Crippen LogP contribution in [-0.4, -0.2) is 55.5 Å². The van der Waals surface area contributed by atoms with Crippen LogP contribution in [0.3, 0.4) is 0 Å². The quantitative estimate of drug-likeness (QED) is 0.801. The molecule has 1 aromatic rings. The lowest BCUT2D eigenvalue weighted by Gasteiger charge is -2.33. The van der Waals surface area contributed by atoms with Crippen molar-refractivity contribution >= 4 is 10.0 Å². The van der Waals surface area contributed by atoms with Crippen molar-refractivity contribution in [3.63, 3.8) is 0 Å². The van der Waals surface area contributed by atoms with Crippen LogP contribution in [0, 0.1) is 5.92 Å². The third-order valence-corrected chi connectivity index (χ3v) is 7.98. The Labute approximate surface area is 161 Å². The summed E-state index contributed by atoms with van der Waals surface area (Å²) < 4.78 is 39.4. The smallest absolute Gasteiger partial charge is 0.217 e. The Kier molecular flexibility index (Phi) is 5.47. The van der Waals surface area contributed by atoms with Gasteiger partial charge in [0, 0.05) is 12.1 Å². The molecule has 3 aliphatic rings. The van der Waals surface area contributed by atoms with Gasteiger partial charge in [0.1, 0.15) is 5.75 Å². The molecule has 0 bridgehead atoms. The van der Waals surface area contributed by atoms with Crippen LogP contribution in [0.5, 0.6) is 5.75 Å². The molecule has 3 fully saturated rings. The fraction of sp³-hybridized carbons (Fsp3) is 0.700. The Hall–Kier alpha value is -1.15. The van der Waals surface area contributed by atoms with Crippen LogP contribution in [0.25, 0.3) is 0 Å². The van der Waals surface area contributed by atoms with Crippen LogP contribution in [0.4, 0.5) is 0 Å². The molecule has 2 unspecified atom stereocenters. The van der Waals surface area contributed by atoms with Gasteiger partial charge in [0.05, 0.1) is 37.2 Å². The fourth-order valence-electron chi connectivity index (χ4n) is 4.53. The van der Waals surface area contributed by atoms with Crippen LogP contribution in [0.2, 0.25) is 0 Å². The van der Waals surface area contributed by atoms with Gasteiger partial charge in [-0.3, -0.25) is 0 Å². The minimum atomic E-state index is -3.55. The Bertz CT molecular complexity index is 763. The third-order valence-electron chi connectivity index (χ3n) is 6.06. The minimum absolute atomic E-state index is 0.00537. The number of aliphatic hydroxyl groups is 1. The first-order valence-electron chi connectivity index (χ1n) is 9.95. The van der Waals surface area contributed by atoms with Crippen molar-refractivity contribution < 1.29 is 23.0 Å². The van der Waals surface area contributed by atoms with E-state index in [1.54, 1.807) is 13.2 Å². The molecular weight excluding hydrogens is 366 g/mol. The number of para-hydroxylation sites is 1. The Morgan fingerprint density at radius 1 is 1.19 bits per heavy atom. The molecular formula is C20H29NO5S. The highest BCUT2D eigenvalue weighted by Gasteiger charge is 2.44. The van der Waals surface area contributed by atoms with Crippen molar-refractivity contribution in [1.29, 1.82) is 0 Å². The molecule has 150 valence electrons. The highest BCUT2D eigenvalue weighted by Crippen LogP contribution is 2.41. The maximum Gasteiger partial charge on any atom is 0.217 e. The van der Waals surface area contributed by atoms with Gasteiger partial charge in [-0.1, -0.05) is 18.2 Å². The number of sulfonamides is 1. The summed E-state index contributed by atoms with van der Waals surface area (Å²) in [5.74, 6) is 1.23. The second-order valence-electron chi connectivity index (χ2n) is 8.00. The first-order valence-corrected chi connectivity index (χ1v) is 11.6. The van der Waals surface area contributed by atoms with Gasteiger partial charge in [0.2, 0.25) is 10.0 Å². The summed E-state index contributed by atoms with van der Waals surface area (Å²) >= 11 is 0. The summed E-state index contributed by atoms with van der Waals surface area (Å²) in [6, 6.07) is 6.72.